The van der Waals surface area contributed by atoms with Gasteiger partial charge in [-0.2, -0.15) is 0 Å². The fraction of sp³-hybridized carbons (Fsp3) is 0.429. The molecule has 1 fully saturated rings. The summed E-state index contributed by atoms with van der Waals surface area (Å²) in [6.07, 6.45) is 5.17. The molecule has 1 aromatic heterocycles. The molecule has 29 heavy (non-hydrogen) atoms. The molecule has 1 aliphatic carbocycles. The van der Waals surface area contributed by atoms with Crippen molar-refractivity contribution >= 4 is 29.4 Å². The number of nitrogens with zero attached hydrogens (tertiary/aromatic N) is 4. The van der Waals surface area contributed by atoms with Crippen LogP contribution in [0, 0.1) is 11.8 Å². The molecule has 0 spiro atoms. The summed E-state index contributed by atoms with van der Waals surface area (Å²) in [4.78, 5) is 35.5. The molecule has 1 aliphatic rings. The van der Waals surface area contributed by atoms with E-state index >= 15 is 0 Å². The highest BCUT2D eigenvalue weighted by atomic mass is 35.5. The van der Waals surface area contributed by atoms with E-state index in [0.29, 0.717) is 18.9 Å². The van der Waals surface area contributed by atoms with Crippen molar-refractivity contribution in [2.45, 2.75) is 32.2 Å². The molecule has 2 amide bonds. The maximum Gasteiger partial charge on any atom is 0.407 e. The third-order valence-corrected chi connectivity index (χ3v) is 5.71. The average molecular weight is 417 g/mol. The zero-order chi connectivity index (χ0) is 20.8. The van der Waals surface area contributed by atoms with Crippen LogP contribution in [0.15, 0.2) is 42.7 Å². The third-order valence-electron chi connectivity index (χ3n) is 5.45. The van der Waals surface area contributed by atoms with E-state index in [9.17, 15) is 14.7 Å². The molecular formula is C21H25ClN4O3. The minimum Gasteiger partial charge on any atom is -0.465 e. The Labute approximate surface area is 175 Å². The summed E-state index contributed by atoms with van der Waals surface area (Å²) < 4.78 is 0. The summed E-state index contributed by atoms with van der Waals surface area (Å²) in [6, 6.07) is 9.59. The van der Waals surface area contributed by atoms with Gasteiger partial charge >= 0.3 is 6.09 Å². The number of carbonyl (C=O) groups is 2. The highest BCUT2D eigenvalue weighted by Crippen LogP contribution is 2.32. The van der Waals surface area contributed by atoms with Crippen LogP contribution in [0.1, 0.15) is 31.2 Å². The van der Waals surface area contributed by atoms with Crippen LogP contribution < -0.4 is 4.90 Å². The lowest BCUT2D eigenvalue weighted by Gasteiger charge is -2.32. The summed E-state index contributed by atoms with van der Waals surface area (Å²) in [6.45, 7) is 0.861. The summed E-state index contributed by atoms with van der Waals surface area (Å²) >= 11 is 6.05. The van der Waals surface area contributed by atoms with Crippen LogP contribution in [0.5, 0.6) is 0 Å². The number of halogens is 1. The lowest BCUT2D eigenvalue weighted by atomic mass is 9.81. The van der Waals surface area contributed by atoms with Gasteiger partial charge in [-0.05, 0) is 37.2 Å². The number of amides is 2. The number of hydrogen-bond acceptors (Lipinski definition) is 4. The number of hydrogen-bond donors (Lipinski definition) is 1. The smallest absolute Gasteiger partial charge is 0.407 e. The molecule has 0 unspecified atom stereocenters. The summed E-state index contributed by atoms with van der Waals surface area (Å²) in [7, 11) is 1.66. The minimum absolute atomic E-state index is 0.0229. The number of carboxylic acid groups (broad SMARTS) is 1. The van der Waals surface area contributed by atoms with Gasteiger partial charge in [-0.3, -0.25) is 9.69 Å². The summed E-state index contributed by atoms with van der Waals surface area (Å²) in [5, 5.41) is 9.77. The van der Waals surface area contributed by atoms with Crippen LogP contribution in [0.3, 0.4) is 0 Å². The quantitative estimate of drug-likeness (QED) is 0.766. The zero-order valence-corrected chi connectivity index (χ0v) is 17.1. The summed E-state index contributed by atoms with van der Waals surface area (Å²) in [5.41, 5.74) is 0.973. The fourth-order valence-electron chi connectivity index (χ4n) is 3.83. The molecule has 1 aromatic carbocycles. The van der Waals surface area contributed by atoms with Gasteiger partial charge in [0.1, 0.15) is 0 Å². The largest absolute Gasteiger partial charge is 0.465 e. The van der Waals surface area contributed by atoms with Crippen LogP contribution in [-0.4, -0.2) is 45.6 Å². The van der Waals surface area contributed by atoms with E-state index in [0.717, 1.165) is 31.2 Å². The van der Waals surface area contributed by atoms with Gasteiger partial charge in [-0.15, -0.1) is 0 Å². The van der Waals surface area contributed by atoms with E-state index in [1.165, 1.54) is 22.2 Å². The minimum atomic E-state index is -0.913. The number of anilines is 1. The average Bonchev–Trinajstić information content (AvgIpc) is 2.74. The third kappa shape index (κ3) is 5.44. The predicted octanol–water partition coefficient (Wildman–Crippen LogP) is 4.08. The van der Waals surface area contributed by atoms with Crippen molar-refractivity contribution in [3.05, 3.63) is 53.4 Å². The van der Waals surface area contributed by atoms with Crippen molar-refractivity contribution in [1.29, 1.82) is 0 Å². The molecule has 8 heteroatoms. The van der Waals surface area contributed by atoms with E-state index in [-0.39, 0.29) is 22.9 Å². The van der Waals surface area contributed by atoms with Gasteiger partial charge in [0.25, 0.3) is 0 Å². The van der Waals surface area contributed by atoms with Gasteiger partial charge in [0.05, 0.1) is 0 Å². The van der Waals surface area contributed by atoms with Crippen molar-refractivity contribution in [3.8, 4) is 0 Å². The standard InChI is InChI=1S/C21H25ClN4O3/c1-25(19-18(22)23-11-12-24-19)20(27)17-9-7-16(8-10-17)14-26(21(28)29)13-15-5-3-2-4-6-15/h2-6,11-12,16-17H,7-10,13-14H2,1H3,(H,28,29). The second kappa shape index (κ2) is 9.69. The zero-order valence-electron chi connectivity index (χ0n) is 16.4. The first-order valence-corrected chi connectivity index (χ1v) is 10.1. The van der Waals surface area contributed by atoms with Crippen molar-refractivity contribution in [1.82, 2.24) is 14.9 Å². The topological polar surface area (TPSA) is 86.6 Å². The Morgan fingerprint density at radius 3 is 2.38 bits per heavy atom. The van der Waals surface area contributed by atoms with Crippen molar-refractivity contribution in [2.75, 3.05) is 18.5 Å². The maximum absolute atomic E-state index is 12.8. The van der Waals surface area contributed by atoms with E-state index in [2.05, 4.69) is 9.97 Å². The Hall–Kier alpha value is -2.67. The van der Waals surface area contributed by atoms with Crippen LogP contribution in [0.4, 0.5) is 10.6 Å². The monoisotopic (exact) mass is 416 g/mol. The number of rotatable bonds is 6. The number of carbonyl (C=O) groups excluding carboxylic acids is 1. The fourth-order valence-corrected chi connectivity index (χ4v) is 4.07. The molecule has 1 saturated carbocycles. The van der Waals surface area contributed by atoms with Crippen LogP contribution in [0.2, 0.25) is 5.15 Å². The van der Waals surface area contributed by atoms with Crippen LogP contribution in [0.25, 0.3) is 0 Å². The Bertz CT molecular complexity index is 841. The SMILES string of the molecule is CN(C(=O)C1CCC(CN(Cc2ccccc2)C(=O)O)CC1)c1nccnc1Cl. The van der Waals surface area contributed by atoms with Gasteiger partial charge < -0.3 is 10.0 Å². The molecule has 7 nitrogen and oxygen atoms in total. The molecule has 0 radical (unpaired) electrons. The van der Waals surface area contributed by atoms with Gasteiger partial charge in [-0.1, -0.05) is 41.9 Å². The highest BCUT2D eigenvalue weighted by Gasteiger charge is 2.31. The van der Waals surface area contributed by atoms with Gasteiger partial charge in [0.2, 0.25) is 5.91 Å². The molecule has 0 aliphatic heterocycles. The van der Waals surface area contributed by atoms with E-state index in [4.69, 9.17) is 11.6 Å². The predicted molar refractivity (Wildman–Crippen MR) is 111 cm³/mol. The lowest BCUT2D eigenvalue weighted by molar-refractivity contribution is -0.123. The normalized spacial score (nSPS) is 18.8. The first-order valence-electron chi connectivity index (χ1n) is 9.71. The van der Waals surface area contributed by atoms with E-state index in [1.54, 1.807) is 7.05 Å². The molecule has 1 heterocycles. The molecule has 3 rings (SSSR count). The Morgan fingerprint density at radius 1 is 1.10 bits per heavy atom. The van der Waals surface area contributed by atoms with Crippen molar-refractivity contribution < 1.29 is 14.7 Å². The van der Waals surface area contributed by atoms with Gasteiger partial charge in [-0.25, -0.2) is 14.8 Å². The molecular weight excluding hydrogens is 392 g/mol. The molecule has 0 saturated heterocycles. The van der Waals surface area contributed by atoms with E-state index in [1.807, 2.05) is 30.3 Å². The molecule has 1 N–H and O–H groups in total. The Balaban J connectivity index is 1.54. The first kappa shape index (κ1) is 21.0. The summed E-state index contributed by atoms with van der Waals surface area (Å²) in [5.74, 6) is 0.484. The second-order valence-electron chi connectivity index (χ2n) is 7.43. The molecule has 154 valence electrons. The van der Waals surface area contributed by atoms with Crippen LogP contribution >= 0.6 is 11.6 Å². The Kier molecular flexibility index (Phi) is 7.04. The second-order valence-corrected chi connectivity index (χ2v) is 7.79. The van der Waals surface area contributed by atoms with Gasteiger partial charge in [0.15, 0.2) is 11.0 Å². The molecule has 2 aromatic rings. The Morgan fingerprint density at radius 2 is 1.76 bits per heavy atom. The first-order chi connectivity index (χ1) is 14.0. The van der Waals surface area contributed by atoms with Gasteiger partial charge in [0, 0.05) is 38.4 Å². The van der Waals surface area contributed by atoms with Crippen LogP contribution in [-0.2, 0) is 11.3 Å². The van der Waals surface area contributed by atoms with E-state index < -0.39 is 6.09 Å². The maximum atomic E-state index is 12.8. The highest BCUT2D eigenvalue weighted by molar-refractivity contribution is 6.32. The van der Waals surface area contributed by atoms with Crippen molar-refractivity contribution in [3.63, 3.8) is 0 Å². The molecule has 0 bridgehead atoms. The number of aromatic nitrogens is 2. The number of benzene rings is 1. The lowest BCUT2D eigenvalue weighted by Crippen LogP contribution is -2.38. The van der Waals surface area contributed by atoms with Crippen molar-refractivity contribution in [2.24, 2.45) is 11.8 Å². The molecule has 0 atom stereocenters.